The number of carbonyl (C=O) groups is 1. The van der Waals surface area contributed by atoms with Gasteiger partial charge >= 0.3 is 6.18 Å². The van der Waals surface area contributed by atoms with E-state index in [0.29, 0.717) is 6.08 Å². The van der Waals surface area contributed by atoms with Crippen LogP contribution in [-0.2, 0) is 11.3 Å². The third-order valence-corrected chi connectivity index (χ3v) is 4.73. The summed E-state index contributed by atoms with van der Waals surface area (Å²) in [6.07, 6.45) is -3.94. The van der Waals surface area contributed by atoms with Gasteiger partial charge in [0.15, 0.2) is 0 Å². The summed E-state index contributed by atoms with van der Waals surface area (Å²) < 4.78 is 40.5. The molecule has 2 rings (SSSR count). The molecule has 7 heteroatoms. The van der Waals surface area contributed by atoms with Crippen molar-refractivity contribution in [2.24, 2.45) is 0 Å². The van der Waals surface area contributed by atoms with Crippen molar-refractivity contribution in [1.82, 2.24) is 4.90 Å². The maximum absolute atomic E-state index is 13.2. The summed E-state index contributed by atoms with van der Waals surface area (Å²) in [7, 11) is 1.48. The summed E-state index contributed by atoms with van der Waals surface area (Å²) in [5.41, 5.74) is -0.970. The summed E-state index contributed by atoms with van der Waals surface area (Å²) >= 11 is 4.73. The van der Waals surface area contributed by atoms with Gasteiger partial charge in [-0.05, 0) is 27.6 Å². The molecule has 2 aromatic rings. The number of amides is 1. The molecule has 0 aliphatic rings. The Morgan fingerprint density at radius 1 is 1.30 bits per heavy atom. The number of hydrogen-bond donors (Lipinski definition) is 0. The fourth-order valence-corrected chi connectivity index (χ4v) is 3.43. The molecular formula is C16H13BrF3NOS. The van der Waals surface area contributed by atoms with Crippen LogP contribution in [0.1, 0.15) is 10.4 Å². The van der Waals surface area contributed by atoms with Gasteiger partial charge < -0.3 is 4.90 Å². The first-order valence-corrected chi connectivity index (χ1v) is 8.27. The molecule has 1 aromatic carbocycles. The van der Waals surface area contributed by atoms with Gasteiger partial charge in [-0.25, -0.2) is 0 Å². The van der Waals surface area contributed by atoms with Crippen molar-refractivity contribution in [2.45, 2.75) is 12.7 Å². The fraction of sp³-hybridized carbons (Fsp3) is 0.188. The monoisotopic (exact) mass is 403 g/mol. The molecule has 1 heterocycles. The summed E-state index contributed by atoms with van der Waals surface area (Å²) in [6, 6.07) is 9.14. The highest BCUT2D eigenvalue weighted by Crippen LogP contribution is 2.33. The first kappa shape index (κ1) is 17.7. The maximum atomic E-state index is 13.2. The van der Waals surface area contributed by atoms with Crippen molar-refractivity contribution in [3.8, 4) is 0 Å². The lowest BCUT2D eigenvalue weighted by molar-refractivity contribution is -0.125. The molecule has 1 amide bonds. The average molecular weight is 404 g/mol. The number of nitrogens with zero attached hydrogens (tertiary/aromatic N) is 1. The van der Waals surface area contributed by atoms with E-state index < -0.39 is 17.7 Å². The first-order chi connectivity index (χ1) is 10.8. The summed E-state index contributed by atoms with van der Waals surface area (Å²) in [5, 5.41) is 1.86. The molecule has 0 atom stereocenters. The van der Waals surface area contributed by atoms with Gasteiger partial charge in [0.1, 0.15) is 0 Å². The zero-order valence-electron chi connectivity index (χ0n) is 12.1. The van der Waals surface area contributed by atoms with Gasteiger partial charge in [-0.15, -0.1) is 11.3 Å². The Balaban J connectivity index is 2.22. The molecule has 0 unspecified atom stereocenters. The van der Waals surface area contributed by atoms with Crippen LogP contribution in [0, 0.1) is 0 Å². The van der Waals surface area contributed by atoms with E-state index >= 15 is 0 Å². The Hall–Kier alpha value is -1.60. The zero-order chi connectivity index (χ0) is 17.0. The summed E-state index contributed by atoms with van der Waals surface area (Å²) in [6.45, 7) is 0.255. The van der Waals surface area contributed by atoms with Gasteiger partial charge in [-0.2, -0.15) is 13.2 Å². The molecule has 23 heavy (non-hydrogen) atoms. The second-order valence-electron chi connectivity index (χ2n) is 4.85. The van der Waals surface area contributed by atoms with Crippen molar-refractivity contribution in [3.63, 3.8) is 0 Å². The molecule has 0 radical (unpaired) electrons. The van der Waals surface area contributed by atoms with E-state index in [0.717, 1.165) is 9.35 Å². The van der Waals surface area contributed by atoms with E-state index in [4.69, 9.17) is 0 Å². The van der Waals surface area contributed by atoms with Gasteiger partial charge in [-0.3, -0.25) is 4.79 Å². The van der Waals surface area contributed by atoms with E-state index in [1.165, 1.54) is 47.5 Å². The second-order valence-corrected chi connectivity index (χ2v) is 6.76. The van der Waals surface area contributed by atoms with Crippen LogP contribution in [0.15, 0.2) is 52.3 Å². The maximum Gasteiger partial charge on any atom is 0.417 e. The minimum absolute atomic E-state index is 0.0272. The van der Waals surface area contributed by atoms with Gasteiger partial charge in [0.05, 0.1) is 12.1 Å². The Bertz CT molecular complexity index is 710. The molecule has 122 valence electrons. The van der Waals surface area contributed by atoms with Crippen LogP contribution in [0.25, 0.3) is 5.57 Å². The van der Waals surface area contributed by atoms with Gasteiger partial charge in [-0.1, -0.05) is 30.3 Å². The van der Waals surface area contributed by atoms with Gasteiger partial charge in [0.2, 0.25) is 5.91 Å². The van der Waals surface area contributed by atoms with Crippen molar-refractivity contribution < 1.29 is 18.0 Å². The standard InChI is InChI=1S/C16H13BrF3NOS/c1-21(9-13-7-12(17)10-23-13)15(22)8-14(16(18,19)20)11-5-3-2-4-6-11/h2-8,10H,9H2,1H3/b14-8-. The Morgan fingerprint density at radius 3 is 2.48 bits per heavy atom. The molecule has 0 aliphatic heterocycles. The number of carbonyl (C=O) groups excluding carboxylic acids is 1. The van der Waals surface area contributed by atoms with Crippen molar-refractivity contribution >= 4 is 38.7 Å². The smallest absolute Gasteiger partial charge is 0.337 e. The molecule has 0 saturated carbocycles. The van der Waals surface area contributed by atoms with Crippen LogP contribution in [-0.4, -0.2) is 24.0 Å². The van der Waals surface area contributed by atoms with Crippen LogP contribution in [0.5, 0.6) is 0 Å². The highest BCUT2D eigenvalue weighted by molar-refractivity contribution is 9.10. The van der Waals surface area contributed by atoms with Gasteiger partial charge in [0.25, 0.3) is 0 Å². The lowest BCUT2D eigenvalue weighted by Gasteiger charge is -2.17. The molecule has 0 saturated heterocycles. The lowest BCUT2D eigenvalue weighted by Crippen LogP contribution is -2.25. The summed E-state index contributed by atoms with van der Waals surface area (Å²) in [5.74, 6) is -0.689. The molecule has 0 fully saturated rings. The van der Waals surface area contributed by atoms with E-state index in [1.54, 1.807) is 6.07 Å². The lowest BCUT2D eigenvalue weighted by atomic mass is 10.0. The van der Waals surface area contributed by atoms with Crippen molar-refractivity contribution in [2.75, 3.05) is 7.05 Å². The number of allylic oxidation sites excluding steroid dienone is 1. The van der Waals surface area contributed by atoms with Crippen LogP contribution >= 0.6 is 27.3 Å². The molecule has 0 N–H and O–H groups in total. The Kier molecular flexibility index (Phi) is 5.64. The van der Waals surface area contributed by atoms with E-state index in [-0.39, 0.29) is 12.1 Å². The molecule has 1 aromatic heterocycles. The highest BCUT2D eigenvalue weighted by atomic mass is 79.9. The zero-order valence-corrected chi connectivity index (χ0v) is 14.5. The second kappa shape index (κ2) is 7.31. The SMILES string of the molecule is CN(Cc1cc(Br)cs1)C(=O)/C=C(/c1ccccc1)C(F)(F)F. The Labute approximate surface area is 144 Å². The van der Waals surface area contributed by atoms with Crippen molar-refractivity contribution in [3.05, 3.63) is 62.8 Å². The number of hydrogen-bond acceptors (Lipinski definition) is 2. The number of thiophene rings is 1. The third-order valence-electron chi connectivity index (χ3n) is 3.05. The predicted octanol–water partition coefficient (Wildman–Crippen LogP) is 5.11. The van der Waals surface area contributed by atoms with Crippen LogP contribution in [0.2, 0.25) is 0 Å². The quantitative estimate of drug-likeness (QED) is 0.649. The van der Waals surface area contributed by atoms with Crippen LogP contribution < -0.4 is 0 Å². The van der Waals surface area contributed by atoms with Gasteiger partial charge in [0, 0.05) is 27.9 Å². The average Bonchev–Trinajstić information content (AvgIpc) is 2.89. The fourth-order valence-electron chi connectivity index (χ4n) is 1.93. The molecule has 2 nitrogen and oxygen atoms in total. The molecular weight excluding hydrogens is 391 g/mol. The number of benzene rings is 1. The minimum Gasteiger partial charge on any atom is -0.337 e. The normalized spacial score (nSPS) is 12.3. The highest BCUT2D eigenvalue weighted by Gasteiger charge is 2.35. The minimum atomic E-state index is -4.59. The van der Waals surface area contributed by atoms with E-state index in [1.807, 2.05) is 11.4 Å². The number of likely N-dealkylation sites (N-methyl/N-ethyl adjacent to an activating group) is 1. The third kappa shape index (κ3) is 4.94. The number of alkyl halides is 3. The van der Waals surface area contributed by atoms with E-state index in [9.17, 15) is 18.0 Å². The number of halogens is 4. The first-order valence-electron chi connectivity index (χ1n) is 6.59. The van der Waals surface area contributed by atoms with E-state index in [2.05, 4.69) is 15.9 Å². The van der Waals surface area contributed by atoms with Crippen molar-refractivity contribution in [1.29, 1.82) is 0 Å². The summed E-state index contributed by atoms with van der Waals surface area (Å²) in [4.78, 5) is 14.3. The topological polar surface area (TPSA) is 20.3 Å². The Morgan fingerprint density at radius 2 is 1.96 bits per heavy atom. The number of rotatable bonds is 4. The molecule has 0 bridgehead atoms. The molecule has 0 aliphatic carbocycles. The van der Waals surface area contributed by atoms with Crippen LogP contribution in [0.3, 0.4) is 0 Å². The predicted molar refractivity (Wildman–Crippen MR) is 89.0 cm³/mol. The van der Waals surface area contributed by atoms with Crippen LogP contribution in [0.4, 0.5) is 13.2 Å². The molecule has 0 spiro atoms. The largest absolute Gasteiger partial charge is 0.417 e.